The van der Waals surface area contributed by atoms with Crippen LogP contribution in [0, 0.1) is 11.3 Å². The number of methoxy groups -OCH3 is 1. The number of nitriles is 1. The third-order valence-electron chi connectivity index (χ3n) is 2.60. The molecule has 0 atom stereocenters. The smallest absolute Gasteiger partial charge is 0.350 e. The normalized spacial score (nSPS) is 11.0. The fraction of sp³-hybridized carbons (Fsp3) is 0.267. The van der Waals surface area contributed by atoms with E-state index >= 15 is 0 Å². The third-order valence-corrected chi connectivity index (χ3v) is 3.78. The minimum atomic E-state index is -0.802. The van der Waals surface area contributed by atoms with Crippen LogP contribution < -0.4 is 5.32 Å². The van der Waals surface area contributed by atoms with E-state index in [1.54, 1.807) is 19.9 Å². The number of rotatable bonds is 5. The van der Waals surface area contributed by atoms with Crippen LogP contribution in [0.5, 0.6) is 0 Å². The Labute approximate surface area is 153 Å². The number of hydrogen-bond acceptors (Lipinski definition) is 6. The van der Waals surface area contributed by atoms with Gasteiger partial charge in [0.05, 0.1) is 34.0 Å². The van der Waals surface area contributed by atoms with Crippen LogP contribution in [0.2, 0.25) is 15.1 Å². The lowest BCUT2D eigenvalue weighted by atomic mass is 10.2. The van der Waals surface area contributed by atoms with E-state index in [1.165, 1.54) is 13.2 Å². The van der Waals surface area contributed by atoms with Gasteiger partial charge in [0.25, 0.3) is 0 Å². The van der Waals surface area contributed by atoms with Crippen molar-refractivity contribution in [1.82, 2.24) is 0 Å². The summed E-state index contributed by atoms with van der Waals surface area (Å²) in [6.45, 7) is 3.30. The van der Waals surface area contributed by atoms with E-state index in [2.05, 4.69) is 10.1 Å². The van der Waals surface area contributed by atoms with Gasteiger partial charge in [-0.15, -0.1) is 0 Å². The zero-order valence-electron chi connectivity index (χ0n) is 12.9. The number of carbonyl (C=O) groups excluding carboxylic acids is 2. The van der Waals surface area contributed by atoms with Crippen LogP contribution in [-0.4, -0.2) is 25.2 Å². The molecule has 0 amide bonds. The zero-order chi connectivity index (χ0) is 18.4. The molecule has 0 heterocycles. The second-order valence-corrected chi connectivity index (χ2v) is 5.83. The molecule has 0 aliphatic rings. The van der Waals surface area contributed by atoms with Gasteiger partial charge in [-0.05, 0) is 19.9 Å². The summed E-state index contributed by atoms with van der Waals surface area (Å²) < 4.78 is 9.52. The average molecular weight is 392 g/mol. The van der Waals surface area contributed by atoms with Gasteiger partial charge in [-0.25, -0.2) is 9.59 Å². The van der Waals surface area contributed by atoms with Crippen LogP contribution in [0.15, 0.2) is 17.8 Å². The number of nitrogens with zero attached hydrogens (tertiary/aromatic N) is 1. The maximum atomic E-state index is 11.8. The van der Waals surface area contributed by atoms with Gasteiger partial charge in [-0.1, -0.05) is 34.8 Å². The summed E-state index contributed by atoms with van der Waals surface area (Å²) in [5.41, 5.74) is -0.255. The van der Waals surface area contributed by atoms with Crippen LogP contribution >= 0.6 is 34.8 Å². The fourth-order valence-electron chi connectivity index (χ4n) is 1.55. The second-order valence-electron chi connectivity index (χ2n) is 4.67. The third kappa shape index (κ3) is 4.78. The molecular weight excluding hydrogens is 379 g/mol. The van der Waals surface area contributed by atoms with Gasteiger partial charge in [0, 0.05) is 6.20 Å². The topological polar surface area (TPSA) is 88.4 Å². The van der Waals surface area contributed by atoms with Crippen LogP contribution in [-0.2, 0) is 14.3 Å². The predicted octanol–water partition coefficient (Wildman–Crippen LogP) is 4.20. The Morgan fingerprint density at radius 3 is 2.42 bits per heavy atom. The molecule has 128 valence electrons. The minimum Gasteiger partial charge on any atom is -0.465 e. The van der Waals surface area contributed by atoms with Gasteiger partial charge in [0.1, 0.15) is 11.6 Å². The summed E-state index contributed by atoms with van der Waals surface area (Å²) in [6, 6.07) is 3.05. The zero-order valence-corrected chi connectivity index (χ0v) is 15.2. The van der Waals surface area contributed by atoms with Gasteiger partial charge >= 0.3 is 11.9 Å². The van der Waals surface area contributed by atoms with Crippen LogP contribution in [0.25, 0.3) is 0 Å². The van der Waals surface area contributed by atoms with Crippen molar-refractivity contribution in [3.05, 3.63) is 38.5 Å². The van der Waals surface area contributed by atoms with Crippen LogP contribution in [0.1, 0.15) is 24.2 Å². The molecule has 1 N–H and O–H groups in total. The van der Waals surface area contributed by atoms with Crippen molar-refractivity contribution >= 4 is 52.4 Å². The molecule has 1 aromatic carbocycles. The molecule has 0 unspecified atom stereocenters. The molecule has 9 heteroatoms. The first-order valence-electron chi connectivity index (χ1n) is 6.56. The first-order chi connectivity index (χ1) is 11.2. The summed E-state index contributed by atoms with van der Waals surface area (Å²) in [7, 11) is 1.17. The highest BCUT2D eigenvalue weighted by atomic mass is 35.5. The highest BCUT2D eigenvalue weighted by Gasteiger charge is 2.21. The Bertz CT molecular complexity index is 739. The summed E-state index contributed by atoms with van der Waals surface area (Å²) >= 11 is 18.0. The van der Waals surface area contributed by atoms with E-state index in [-0.39, 0.29) is 38.0 Å². The number of esters is 2. The number of ether oxygens (including phenoxy) is 2. The largest absolute Gasteiger partial charge is 0.465 e. The molecule has 1 rings (SSSR count). The Hall–Kier alpha value is -1.94. The van der Waals surface area contributed by atoms with Crippen molar-refractivity contribution in [2.75, 3.05) is 12.4 Å². The van der Waals surface area contributed by atoms with Crippen molar-refractivity contribution in [2.45, 2.75) is 20.0 Å². The summed E-state index contributed by atoms with van der Waals surface area (Å²) in [5, 5.41) is 11.6. The first kappa shape index (κ1) is 20.1. The lowest BCUT2D eigenvalue weighted by molar-refractivity contribution is -0.142. The van der Waals surface area contributed by atoms with Crippen molar-refractivity contribution in [2.24, 2.45) is 0 Å². The number of carbonyl (C=O) groups is 2. The Balaban J connectivity index is 3.22. The molecular formula is C15H13Cl3N2O4. The van der Waals surface area contributed by atoms with Crippen molar-refractivity contribution in [1.29, 1.82) is 5.26 Å². The Kier molecular flexibility index (Phi) is 7.36. The lowest BCUT2D eigenvalue weighted by Crippen LogP contribution is -2.14. The number of anilines is 1. The van der Waals surface area contributed by atoms with Crippen molar-refractivity contribution < 1.29 is 19.1 Å². The monoisotopic (exact) mass is 390 g/mol. The molecule has 0 radical (unpaired) electrons. The van der Waals surface area contributed by atoms with E-state index in [0.29, 0.717) is 0 Å². The summed E-state index contributed by atoms with van der Waals surface area (Å²) in [5.74, 6) is -1.58. The minimum absolute atomic E-state index is 0.0423. The molecule has 0 fully saturated rings. The van der Waals surface area contributed by atoms with Gasteiger partial charge in [-0.3, -0.25) is 0 Å². The predicted molar refractivity (Wildman–Crippen MR) is 91.4 cm³/mol. The number of halogens is 3. The molecule has 0 aliphatic carbocycles. The molecule has 0 aliphatic heterocycles. The molecule has 0 saturated carbocycles. The van der Waals surface area contributed by atoms with E-state index in [0.717, 1.165) is 6.20 Å². The van der Waals surface area contributed by atoms with Crippen LogP contribution in [0.3, 0.4) is 0 Å². The molecule has 24 heavy (non-hydrogen) atoms. The lowest BCUT2D eigenvalue weighted by Gasteiger charge is -2.12. The highest BCUT2D eigenvalue weighted by molar-refractivity contribution is 6.47. The van der Waals surface area contributed by atoms with E-state index < -0.39 is 11.9 Å². The molecule has 6 nitrogen and oxygen atoms in total. The van der Waals surface area contributed by atoms with Crippen molar-refractivity contribution in [3.63, 3.8) is 0 Å². The number of hydrogen-bond donors (Lipinski definition) is 1. The number of nitrogens with one attached hydrogen (secondary N) is 1. The maximum absolute atomic E-state index is 11.8. The van der Waals surface area contributed by atoms with E-state index in [4.69, 9.17) is 44.8 Å². The first-order valence-corrected chi connectivity index (χ1v) is 7.69. The molecule has 0 spiro atoms. The molecule has 1 aromatic rings. The standard InChI is InChI=1S/C15H13Cl3N2O4/c1-7(2)24-14(21)8(5-19)6-20-10-4-9(16)12(17)11(13(10)18)15(22)23-3/h4,6-7,20H,1-3H3. The van der Waals surface area contributed by atoms with Crippen molar-refractivity contribution in [3.8, 4) is 6.07 Å². The van der Waals surface area contributed by atoms with Gasteiger partial charge in [-0.2, -0.15) is 5.26 Å². The maximum Gasteiger partial charge on any atom is 0.350 e. The summed E-state index contributed by atoms with van der Waals surface area (Å²) in [4.78, 5) is 23.5. The molecule has 0 saturated heterocycles. The summed E-state index contributed by atoms with van der Waals surface area (Å²) in [6.07, 6.45) is 0.714. The SMILES string of the molecule is COC(=O)c1c(Cl)c(Cl)cc(NC=C(C#N)C(=O)OC(C)C)c1Cl. The van der Waals surface area contributed by atoms with E-state index in [9.17, 15) is 9.59 Å². The van der Waals surface area contributed by atoms with Gasteiger partial charge in [0.2, 0.25) is 0 Å². The fourth-order valence-corrected chi connectivity index (χ4v) is 2.31. The Morgan fingerprint density at radius 2 is 1.92 bits per heavy atom. The van der Waals surface area contributed by atoms with Gasteiger partial charge < -0.3 is 14.8 Å². The quantitative estimate of drug-likeness (QED) is 0.350. The van der Waals surface area contributed by atoms with E-state index in [1.807, 2.05) is 0 Å². The molecule has 0 aromatic heterocycles. The highest BCUT2D eigenvalue weighted by Crippen LogP contribution is 2.38. The second kappa shape index (κ2) is 8.78. The number of benzene rings is 1. The molecule has 0 bridgehead atoms. The van der Waals surface area contributed by atoms with Gasteiger partial charge in [0.15, 0.2) is 5.57 Å². The van der Waals surface area contributed by atoms with Crippen LogP contribution in [0.4, 0.5) is 5.69 Å². The Morgan fingerprint density at radius 1 is 1.29 bits per heavy atom. The average Bonchev–Trinajstić information content (AvgIpc) is 2.51.